The van der Waals surface area contributed by atoms with E-state index in [-0.39, 0.29) is 36.1 Å². The summed E-state index contributed by atoms with van der Waals surface area (Å²) in [6.07, 6.45) is 4.33. The van der Waals surface area contributed by atoms with Crippen molar-refractivity contribution >= 4 is 11.8 Å². The molecular weight excluding hydrogens is 394 g/mol. The molecule has 1 N–H and O–H groups in total. The Morgan fingerprint density at radius 1 is 1.16 bits per heavy atom. The normalized spacial score (nSPS) is 15.6. The first-order chi connectivity index (χ1) is 15.0. The summed E-state index contributed by atoms with van der Waals surface area (Å²) in [6.45, 7) is 6.41. The number of benzene rings is 1. The summed E-state index contributed by atoms with van der Waals surface area (Å²) in [7, 11) is 0. The summed E-state index contributed by atoms with van der Waals surface area (Å²) in [5, 5.41) is 18.5. The monoisotopic (exact) mass is 427 g/mol. The fraction of sp³-hybridized carbons (Fsp3) is 0.565. The molecule has 8 nitrogen and oxygen atoms in total. The van der Waals surface area contributed by atoms with Crippen molar-refractivity contribution in [3.63, 3.8) is 0 Å². The first-order valence-corrected chi connectivity index (χ1v) is 11.2. The number of hydrogen-bond acceptors (Lipinski definition) is 5. The molecule has 0 saturated carbocycles. The van der Waals surface area contributed by atoms with Crippen LogP contribution in [0.25, 0.3) is 0 Å². The number of amides is 2. The van der Waals surface area contributed by atoms with Crippen LogP contribution in [0.5, 0.6) is 0 Å². The first kappa shape index (κ1) is 22.9. The Labute approximate surface area is 183 Å². The van der Waals surface area contributed by atoms with Crippen LogP contribution in [0.15, 0.2) is 36.5 Å². The topological polar surface area (TPSA) is 91.6 Å². The Hall–Kier alpha value is -2.74. The van der Waals surface area contributed by atoms with Crippen LogP contribution in [0, 0.1) is 5.92 Å². The molecule has 2 amide bonds. The lowest BCUT2D eigenvalue weighted by molar-refractivity contribution is -0.131. The smallest absolute Gasteiger partial charge is 0.276 e. The minimum Gasteiger partial charge on any atom is -0.393 e. The number of aromatic nitrogens is 3. The molecule has 2 heterocycles. The molecule has 0 bridgehead atoms. The highest BCUT2D eigenvalue weighted by Crippen LogP contribution is 2.24. The number of carbonyl (C=O) groups is 2. The van der Waals surface area contributed by atoms with Crippen molar-refractivity contribution in [3.05, 3.63) is 47.8 Å². The van der Waals surface area contributed by atoms with Gasteiger partial charge in [-0.1, -0.05) is 35.5 Å². The van der Waals surface area contributed by atoms with Crippen molar-refractivity contribution in [1.82, 2.24) is 24.8 Å². The molecule has 1 fully saturated rings. The highest BCUT2D eigenvalue weighted by atomic mass is 16.3. The van der Waals surface area contributed by atoms with Crippen LogP contribution in [0.2, 0.25) is 0 Å². The molecule has 1 aliphatic heterocycles. The van der Waals surface area contributed by atoms with Gasteiger partial charge in [0, 0.05) is 26.2 Å². The van der Waals surface area contributed by atoms with E-state index < -0.39 is 0 Å². The van der Waals surface area contributed by atoms with E-state index in [0.29, 0.717) is 26.2 Å². The van der Waals surface area contributed by atoms with E-state index in [1.165, 1.54) is 10.2 Å². The second-order valence-electron chi connectivity index (χ2n) is 8.09. The van der Waals surface area contributed by atoms with Crippen LogP contribution in [-0.4, -0.2) is 74.0 Å². The third kappa shape index (κ3) is 6.13. The molecule has 168 valence electrons. The zero-order valence-electron chi connectivity index (χ0n) is 18.5. The molecule has 1 atom stereocenters. The average Bonchev–Trinajstić information content (AvgIpc) is 3.27. The lowest BCUT2D eigenvalue weighted by Crippen LogP contribution is -2.41. The van der Waals surface area contributed by atoms with Crippen molar-refractivity contribution < 1.29 is 14.7 Å². The van der Waals surface area contributed by atoms with E-state index in [0.717, 1.165) is 25.7 Å². The van der Waals surface area contributed by atoms with Crippen LogP contribution < -0.4 is 0 Å². The molecule has 0 radical (unpaired) electrons. The van der Waals surface area contributed by atoms with Gasteiger partial charge in [-0.05, 0) is 51.0 Å². The van der Waals surface area contributed by atoms with Crippen molar-refractivity contribution in [3.8, 4) is 0 Å². The lowest BCUT2D eigenvalue weighted by atomic mass is 9.88. The molecule has 31 heavy (non-hydrogen) atoms. The predicted octanol–water partition coefficient (Wildman–Crippen LogP) is 1.99. The minimum atomic E-state index is -0.357. The molecule has 3 rings (SSSR count). The van der Waals surface area contributed by atoms with E-state index in [9.17, 15) is 14.7 Å². The zero-order valence-corrected chi connectivity index (χ0v) is 18.5. The third-order valence-corrected chi connectivity index (χ3v) is 6.11. The van der Waals surface area contributed by atoms with Crippen LogP contribution >= 0.6 is 0 Å². The second kappa shape index (κ2) is 11.0. The number of carbonyl (C=O) groups excluding carboxylic acids is 2. The maximum Gasteiger partial charge on any atom is 0.276 e. The van der Waals surface area contributed by atoms with Gasteiger partial charge >= 0.3 is 0 Å². The number of piperidine rings is 1. The summed E-state index contributed by atoms with van der Waals surface area (Å²) in [5.74, 6) is -0.00639. The molecule has 1 aromatic carbocycles. The van der Waals surface area contributed by atoms with E-state index in [2.05, 4.69) is 22.4 Å². The molecule has 8 heteroatoms. The van der Waals surface area contributed by atoms with Gasteiger partial charge in [0.15, 0.2) is 5.69 Å². The number of likely N-dealkylation sites (tertiary alicyclic amines) is 1. The van der Waals surface area contributed by atoms with Gasteiger partial charge in [0.25, 0.3) is 5.91 Å². The number of nitrogens with zero attached hydrogens (tertiary/aromatic N) is 5. The van der Waals surface area contributed by atoms with Crippen molar-refractivity contribution in [1.29, 1.82) is 0 Å². The maximum atomic E-state index is 12.8. The van der Waals surface area contributed by atoms with E-state index in [4.69, 9.17) is 0 Å². The summed E-state index contributed by atoms with van der Waals surface area (Å²) >= 11 is 0. The second-order valence-corrected chi connectivity index (χ2v) is 8.09. The van der Waals surface area contributed by atoms with E-state index >= 15 is 0 Å². The standard InChI is InChI=1S/C23H33N5O3/c1-3-26(4-2)22(30)17-28-16-20(24-25-28)23(31)27-14-12-19(13-15-27)21(29)11-10-18-8-6-5-7-9-18/h5-9,16,19,21,29H,3-4,10-15,17H2,1-2H3. The Bertz CT molecular complexity index is 842. The SMILES string of the molecule is CCN(CC)C(=O)Cn1cc(C(=O)N2CCC(C(O)CCc3ccccc3)CC2)nn1. The van der Waals surface area contributed by atoms with Crippen molar-refractivity contribution in [2.45, 2.75) is 52.2 Å². The third-order valence-electron chi connectivity index (χ3n) is 6.11. The van der Waals surface area contributed by atoms with E-state index in [1.54, 1.807) is 16.0 Å². The Morgan fingerprint density at radius 3 is 2.48 bits per heavy atom. The van der Waals surface area contributed by atoms with Crippen LogP contribution in [0.4, 0.5) is 0 Å². The number of hydrogen-bond donors (Lipinski definition) is 1. The van der Waals surface area contributed by atoms with Gasteiger partial charge in [-0.2, -0.15) is 0 Å². The Morgan fingerprint density at radius 2 is 1.84 bits per heavy atom. The van der Waals surface area contributed by atoms with E-state index in [1.807, 2.05) is 32.0 Å². The fourth-order valence-electron chi connectivity index (χ4n) is 4.13. The summed E-state index contributed by atoms with van der Waals surface area (Å²) in [5.41, 5.74) is 1.49. The number of aliphatic hydroxyl groups is 1. The molecule has 2 aromatic rings. The lowest BCUT2D eigenvalue weighted by Gasteiger charge is -2.34. The van der Waals surface area contributed by atoms with Gasteiger partial charge in [-0.3, -0.25) is 9.59 Å². The Kier molecular flexibility index (Phi) is 8.17. The molecule has 1 saturated heterocycles. The summed E-state index contributed by atoms with van der Waals surface area (Å²) in [6, 6.07) is 10.2. The largest absolute Gasteiger partial charge is 0.393 e. The van der Waals surface area contributed by atoms with Crippen LogP contribution in [0.1, 0.15) is 49.2 Å². The molecule has 1 aromatic heterocycles. The molecule has 0 aliphatic carbocycles. The average molecular weight is 428 g/mol. The van der Waals surface area contributed by atoms with Gasteiger partial charge < -0.3 is 14.9 Å². The van der Waals surface area contributed by atoms with Gasteiger partial charge in [0.05, 0.1) is 12.3 Å². The number of aliphatic hydroxyl groups excluding tert-OH is 1. The van der Waals surface area contributed by atoms with Gasteiger partial charge in [0.1, 0.15) is 6.54 Å². The first-order valence-electron chi connectivity index (χ1n) is 11.2. The van der Waals surface area contributed by atoms with Crippen LogP contribution in [-0.2, 0) is 17.8 Å². The molecular formula is C23H33N5O3. The molecule has 1 unspecified atom stereocenters. The fourth-order valence-corrected chi connectivity index (χ4v) is 4.13. The van der Waals surface area contributed by atoms with Gasteiger partial charge in [-0.15, -0.1) is 5.10 Å². The minimum absolute atomic E-state index is 0.0424. The molecule has 1 aliphatic rings. The van der Waals surface area contributed by atoms with Crippen molar-refractivity contribution in [2.75, 3.05) is 26.2 Å². The maximum absolute atomic E-state index is 12.8. The number of aryl methyl sites for hydroxylation is 1. The van der Waals surface area contributed by atoms with Crippen LogP contribution in [0.3, 0.4) is 0 Å². The summed E-state index contributed by atoms with van der Waals surface area (Å²) in [4.78, 5) is 28.5. The van der Waals surface area contributed by atoms with Crippen molar-refractivity contribution in [2.24, 2.45) is 5.92 Å². The zero-order chi connectivity index (χ0) is 22.2. The van der Waals surface area contributed by atoms with Gasteiger partial charge in [0.2, 0.25) is 5.91 Å². The van der Waals surface area contributed by atoms with Gasteiger partial charge in [-0.25, -0.2) is 4.68 Å². The quantitative estimate of drug-likeness (QED) is 0.661. The number of likely N-dealkylation sites (N-methyl/N-ethyl adjacent to an activating group) is 1. The molecule has 0 spiro atoms. The Balaban J connectivity index is 1.46. The summed E-state index contributed by atoms with van der Waals surface area (Å²) < 4.78 is 1.42. The highest BCUT2D eigenvalue weighted by Gasteiger charge is 2.29. The number of rotatable bonds is 9. The highest BCUT2D eigenvalue weighted by molar-refractivity contribution is 5.92. The predicted molar refractivity (Wildman–Crippen MR) is 117 cm³/mol.